The van der Waals surface area contributed by atoms with Crippen molar-refractivity contribution < 1.29 is 23.9 Å². The second kappa shape index (κ2) is 11.0. The summed E-state index contributed by atoms with van der Waals surface area (Å²) in [7, 11) is 0. The molecule has 3 amide bonds. The molecule has 1 aromatic carbocycles. The molecule has 156 valence electrons. The zero-order valence-electron chi connectivity index (χ0n) is 16.8. The number of ether oxygens (including phenoxy) is 1. The van der Waals surface area contributed by atoms with Gasteiger partial charge in [0.05, 0.1) is 12.5 Å². The number of nitrogens with zero attached hydrogens (tertiary/aromatic N) is 1. The third kappa shape index (κ3) is 7.40. The summed E-state index contributed by atoms with van der Waals surface area (Å²) in [5.74, 6) is -1.53. The Hall–Kier alpha value is -3.16. The summed E-state index contributed by atoms with van der Waals surface area (Å²) >= 11 is 0. The van der Waals surface area contributed by atoms with Gasteiger partial charge in [0.15, 0.2) is 6.61 Å². The fraction of sp³-hybridized carbons (Fsp3) is 0.429. The average Bonchev–Trinajstić information content (AvgIpc) is 2.71. The van der Waals surface area contributed by atoms with E-state index in [1.165, 1.54) is 11.8 Å². The molecular formula is C21H27N3O5. The first-order valence-corrected chi connectivity index (χ1v) is 9.66. The van der Waals surface area contributed by atoms with Crippen LogP contribution in [0.25, 0.3) is 0 Å². The van der Waals surface area contributed by atoms with Gasteiger partial charge in [-0.25, -0.2) is 0 Å². The number of nitrogens with one attached hydrogen (secondary N) is 2. The maximum Gasteiger partial charge on any atom is 0.309 e. The first kappa shape index (κ1) is 22.1. The Kier molecular flexibility index (Phi) is 8.39. The monoisotopic (exact) mass is 401 g/mol. The lowest BCUT2D eigenvalue weighted by Gasteiger charge is -2.21. The summed E-state index contributed by atoms with van der Waals surface area (Å²) < 4.78 is 5.14. The lowest BCUT2D eigenvalue weighted by molar-refractivity contribution is -0.155. The Morgan fingerprint density at radius 2 is 1.72 bits per heavy atom. The van der Waals surface area contributed by atoms with Crippen molar-refractivity contribution in [3.63, 3.8) is 0 Å². The maximum absolute atomic E-state index is 12.3. The minimum Gasteiger partial charge on any atom is -0.455 e. The molecule has 0 aliphatic heterocycles. The number of amides is 3. The van der Waals surface area contributed by atoms with E-state index in [0.29, 0.717) is 24.3 Å². The maximum atomic E-state index is 12.3. The van der Waals surface area contributed by atoms with Gasteiger partial charge in [0.25, 0.3) is 5.91 Å². The third-order valence-electron chi connectivity index (χ3n) is 4.50. The van der Waals surface area contributed by atoms with Gasteiger partial charge in [-0.05, 0) is 50.5 Å². The fourth-order valence-electron chi connectivity index (χ4n) is 2.94. The molecule has 1 aliphatic carbocycles. The summed E-state index contributed by atoms with van der Waals surface area (Å²) in [6.45, 7) is 2.96. The van der Waals surface area contributed by atoms with Crippen molar-refractivity contribution in [2.24, 2.45) is 5.92 Å². The molecule has 8 heteroatoms. The van der Waals surface area contributed by atoms with Gasteiger partial charge in [0.1, 0.15) is 0 Å². The van der Waals surface area contributed by atoms with Gasteiger partial charge in [-0.2, -0.15) is 0 Å². The van der Waals surface area contributed by atoms with Crippen LogP contribution in [0.4, 0.5) is 11.4 Å². The van der Waals surface area contributed by atoms with E-state index in [0.717, 1.165) is 12.8 Å². The number of allylic oxidation sites excluding steroid dienone is 2. The largest absolute Gasteiger partial charge is 0.455 e. The Bertz CT molecular complexity index is 773. The van der Waals surface area contributed by atoms with Crippen molar-refractivity contribution in [3.05, 3.63) is 36.4 Å². The van der Waals surface area contributed by atoms with Crippen LogP contribution < -0.4 is 10.6 Å². The first-order valence-electron chi connectivity index (χ1n) is 9.66. The van der Waals surface area contributed by atoms with Gasteiger partial charge in [0, 0.05) is 24.8 Å². The quantitative estimate of drug-likeness (QED) is 0.514. The van der Waals surface area contributed by atoms with Crippen LogP contribution in [0, 0.1) is 5.92 Å². The summed E-state index contributed by atoms with van der Waals surface area (Å²) in [6, 6.07) is 6.64. The van der Waals surface area contributed by atoms with Crippen LogP contribution in [0.5, 0.6) is 0 Å². The second-order valence-electron chi connectivity index (χ2n) is 6.80. The van der Waals surface area contributed by atoms with Crippen molar-refractivity contribution in [2.75, 3.05) is 30.3 Å². The molecular weight excluding hydrogens is 374 g/mol. The van der Waals surface area contributed by atoms with Crippen molar-refractivity contribution in [3.8, 4) is 0 Å². The highest BCUT2D eigenvalue weighted by Gasteiger charge is 2.23. The van der Waals surface area contributed by atoms with Gasteiger partial charge in [-0.15, -0.1) is 0 Å². The van der Waals surface area contributed by atoms with E-state index in [-0.39, 0.29) is 36.9 Å². The number of likely N-dealkylation sites (N-methyl/N-ethyl adjacent to an activating group) is 1. The number of rotatable bonds is 8. The molecule has 0 spiro atoms. The van der Waals surface area contributed by atoms with Crippen molar-refractivity contribution in [1.82, 2.24) is 4.90 Å². The highest BCUT2D eigenvalue weighted by atomic mass is 16.5. The van der Waals surface area contributed by atoms with Crippen LogP contribution in [0.1, 0.15) is 33.1 Å². The number of anilines is 2. The number of carbonyl (C=O) groups excluding carboxylic acids is 4. The predicted octanol–water partition coefficient (Wildman–Crippen LogP) is 2.33. The van der Waals surface area contributed by atoms with Gasteiger partial charge in [-0.3, -0.25) is 19.2 Å². The minimum atomic E-state index is -0.414. The molecule has 0 radical (unpaired) electrons. The first-order chi connectivity index (χ1) is 13.9. The van der Waals surface area contributed by atoms with Crippen LogP contribution >= 0.6 is 0 Å². The predicted molar refractivity (Wildman–Crippen MR) is 109 cm³/mol. The highest BCUT2D eigenvalue weighted by Crippen LogP contribution is 2.19. The molecule has 0 fully saturated rings. The number of benzene rings is 1. The van der Waals surface area contributed by atoms with E-state index in [2.05, 4.69) is 10.6 Å². The van der Waals surface area contributed by atoms with E-state index < -0.39 is 5.91 Å². The zero-order valence-corrected chi connectivity index (χ0v) is 16.8. The van der Waals surface area contributed by atoms with Crippen molar-refractivity contribution in [2.45, 2.75) is 33.1 Å². The van der Waals surface area contributed by atoms with Crippen molar-refractivity contribution >= 4 is 35.1 Å². The molecule has 0 unspecified atom stereocenters. The highest BCUT2D eigenvalue weighted by molar-refractivity contribution is 5.95. The van der Waals surface area contributed by atoms with Crippen LogP contribution in [-0.2, 0) is 23.9 Å². The number of hydrogen-bond acceptors (Lipinski definition) is 5. The Labute approximate surface area is 170 Å². The van der Waals surface area contributed by atoms with Gasteiger partial charge < -0.3 is 20.3 Å². The standard InChI is InChI=1S/C21H27N3O5/c1-3-24(20(27)14-29-21(28)16-7-5-4-6-8-16)13-19(26)23-18-11-9-17(10-12-18)22-15(2)25/h4-5,9-12,16H,3,6-8,13-14H2,1-2H3,(H,22,25)(H,23,26)/t16-/m1/s1. The van der Waals surface area contributed by atoms with E-state index in [9.17, 15) is 19.2 Å². The van der Waals surface area contributed by atoms with Crippen LogP contribution in [-0.4, -0.2) is 48.3 Å². The molecule has 29 heavy (non-hydrogen) atoms. The topological polar surface area (TPSA) is 105 Å². The second-order valence-corrected chi connectivity index (χ2v) is 6.80. The molecule has 2 N–H and O–H groups in total. The van der Waals surface area contributed by atoms with Crippen LogP contribution in [0.15, 0.2) is 36.4 Å². The van der Waals surface area contributed by atoms with Gasteiger partial charge in [-0.1, -0.05) is 12.2 Å². The molecule has 8 nitrogen and oxygen atoms in total. The fourth-order valence-corrected chi connectivity index (χ4v) is 2.94. The van der Waals surface area contributed by atoms with Gasteiger partial charge in [0.2, 0.25) is 11.8 Å². The SMILES string of the molecule is CCN(CC(=O)Nc1ccc(NC(C)=O)cc1)C(=O)COC(=O)[C@@H]1CC=CCC1. The van der Waals surface area contributed by atoms with E-state index in [1.54, 1.807) is 31.2 Å². The molecule has 1 aliphatic rings. The minimum absolute atomic E-state index is 0.146. The Morgan fingerprint density at radius 1 is 1.07 bits per heavy atom. The summed E-state index contributed by atoms with van der Waals surface area (Å²) in [5.41, 5.74) is 1.17. The normalized spacial score (nSPS) is 15.3. The number of esters is 1. The molecule has 0 bridgehead atoms. The smallest absolute Gasteiger partial charge is 0.309 e. The lowest BCUT2D eigenvalue weighted by Crippen LogP contribution is -2.40. The molecule has 1 aromatic rings. The van der Waals surface area contributed by atoms with Crippen LogP contribution in [0.3, 0.4) is 0 Å². The number of hydrogen-bond donors (Lipinski definition) is 2. The zero-order chi connectivity index (χ0) is 21.2. The molecule has 1 atom stereocenters. The molecule has 0 saturated carbocycles. The molecule has 0 heterocycles. The van der Waals surface area contributed by atoms with E-state index in [1.807, 2.05) is 12.2 Å². The van der Waals surface area contributed by atoms with E-state index >= 15 is 0 Å². The summed E-state index contributed by atoms with van der Waals surface area (Å²) in [6.07, 6.45) is 6.17. The average molecular weight is 401 g/mol. The van der Waals surface area contributed by atoms with Crippen LogP contribution in [0.2, 0.25) is 0 Å². The number of carbonyl (C=O) groups is 4. The Balaban J connectivity index is 1.80. The summed E-state index contributed by atoms with van der Waals surface area (Å²) in [5, 5.41) is 5.34. The Morgan fingerprint density at radius 3 is 2.28 bits per heavy atom. The molecule has 0 saturated heterocycles. The van der Waals surface area contributed by atoms with Crippen molar-refractivity contribution in [1.29, 1.82) is 0 Å². The summed E-state index contributed by atoms with van der Waals surface area (Å²) in [4.78, 5) is 48.9. The van der Waals surface area contributed by atoms with E-state index in [4.69, 9.17) is 4.74 Å². The molecule has 0 aromatic heterocycles. The lowest BCUT2D eigenvalue weighted by atomic mass is 9.95. The molecule has 2 rings (SSSR count). The van der Waals surface area contributed by atoms with Gasteiger partial charge >= 0.3 is 5.97 Å². The third-order valence-corrected chi connectivity index (χ3v) is 4.50.